The van der Waals surface area contributed by atoms with Gasteiger partial charge in [-0.2, -0.15) is 0 Å². The fraction of sp³-hybridized carbons (Fsp3) is 0.450. The topological polar surface area (TPSA) is 45.6 Å². The number of aliphatic hydroxyl groups excluding tert-OH is 1. The zero-order valence-corrected chi connectivity index (χ0v) is 14.1. The van der Waals surface area contributed by atoms with Crippen LogP contribution in [-0.2, 0) is 0 Å². The molecule has 2 aromatic rings. The molecule has 1 N–H and O–H groups in total. The lowest BCUT2D eigenvalue weighted by molar-refractivity contribution is -0.0445. The number of ether oxygens (including phenoxy) is 1. The van der Waals surface area contributed by atoms with Crippen molar-refractivity contribution in [2.45, 2.75) is 25.0 Å². The standard InChI is InChI=1S/C20H24N2O2/c1-3-13-12-22-9-8-14(13)10-18(22)20(23)16-11-19(24-2)21-17-7-5-4-6-15(16)17/h3-7,11,13-14,18,20,23H,1,8-10,12H2,2H3/t13-,14+,18+,20-/m1/s1. The minimum atomic E-state index is -0.527. The van der Waals surface area contributed by atoms with Crippen LogP contribution in [0.3, 0.4) is 0 Å². The monoisotopic (exact) mass is 324 g/mol. The molecular formula is C20H24N2O2. The maximum absolute atomic E-state index is 11.2. The highest BCUT2D eigenvalue weighted by atomic mass is 16.5. The van der Waals surface area contributed by atoms with E-state index in [-0.39, 0.29) is 6.04 Å². The molecule has 0 amide bonds. The molecule has 1 aromatic carbocycles. The maximum Gasteiger partial charge on any atom is 0.213 e. The number of benzene rings is 1. The van der Waals surface area contributed by atoms with Crippen molar-refractivity contribution in [1.29, 1.82) is 0 Å². The summed E-state index contributed by atoms with van der Waals surface area (Å²) in [5.74, 6) is 1.76. The van der Waals surface area contributed by atoms with Gasteiger partial charge in [0.15, 0.2) is 0 Å². The summed E-state index contributed by atoms with van der Waals surface area (Å²) < 4.78 is 5.35. The predicted octanol–water partition coefficient (Wildman–Crippen LogP) is 3.17. The van der Waals surface area contributed by atoms with Crippen molar-refractivity contribution in [3.8, 4) is 5.88 Å². The first-order chi connectivity index (χ1) is 11.7. The van der Waals surface area contributed by atoms with Crippen molar-refractivity contribution in [2.24, 2.45) is 11.8 Å². The summed E-state index contributed by atoms with van der Waals surface area (Å²) in [6, 6.07) is 10.0. The number of hydrogen-bond donors (Lipinski definition) is 1. The van der Waals surface area contributed by atoms with E-state index in [1.807, 2.05) is 30.3 Å². The number of methoxy groups -OCH3 is 1. The van der Waals surface area contributed by atoms with Crippen molar-refractivity contribution in [2.75, 3.05) is 20.2 Å². The first-order valence-corrected chi connectivity index (χ1v) is 8.69. The van der Waals surface area contributed by atoms with E-state index in [1.54, 1.807) is 7.11 Å². The highest BCUT2D eigenvalue weighted by molar-refractivity contribution is 5.83. The second-order valence-corrected chi connectivity index (χ2v) is 6.96. The summed E-state index contributed by atoms with van der Waals surface area (Å²) in [5, 5.41) is 12.2. The molecule has 4 nitrogen and oxygen atoms in total. The quantitative estimate of drug-likeness (QED) is 0.878. The van der Waals surface area contributed by atoms with Crippen molar-refractivity contribution in [3.63, 3.8) is 0 Å². The minimum Gasteiger partial charge on any atom is -0.481 e. The van der Waals surface area contributed by atoms with Gasteiger partial charge in [0.05, 0.1) is 18.7 Å². The Bertz CT molecular complexity index is 760. The second-order valence-electron chi connectivity index (χ2n) is 6.96. The van der Waals surface area contributed by atoms with Crippen LogP contribution in [0.25, 0.3) is 10.9 Å². The third kappa shape index (κ3) is 2.50. The summed E-state index contributed by atoms with van der Waals surface area (Å²) >= 11 is 0. The number of fused-ring (bicyclic) bond motifs is 4. The SMILES string of the molecule is C=C[C@@H]1CN2CC[C@H]1C[C@H]2[C@H](O)c1cc(OC)nc2ccccc12. The molecular weight excluding hydrogens is 300 g/mol. The lowest BCUT2D eigenvalue weighted by Crippen LogP contribution is -2.54. The summed E-state index contributed by atoms with van der Waals surface area (Å²) in [6.07, 6.45) is 3.79. The maximum atomic E-state index is 11.2. The molecule has 0 spiro atoms. The third-order valence-electron chi connectivity index (χ3n) is 5.77. The predicted molar refractivity (Wildman–Crippen MR) is 95.0 cm³/mol. The van der Waals surface area contributed by atoms with Crippen LogP contribution in [0, 0.1) is 11.8 Å². The van der Waals surface area contributed by atoms with Gasteiger partial charge < -0.3 is 9.84 Å². The Kier molecular flexibility index (Phi) is 4.02. The molecule has 2 bridgehead atoms. The molecule has 3 fully saturated rings. The summed E-state index contributed by atoms with van der Waals surface area (Å²) in [6.45, 7) is 6.06. The Morgan fingerprint density at radius 2 is 2.25 bits per heavy atom. The van der Waals surface area contributed by atoms with Crippen LogP contribution in [0.15, 0.2) is 43.0 Å². The summed E-state index contributed by atoms with van der Waals surface area (Å²) in [4.78, 5) is 6.92. The smallest absolute Gasteiger partial charge is 0.213 e. The molecule has 3 aliphatic rings. The lowest BCUT2D eigenvalue weighted by atomic mass is 9.73. The number of pyridine rings is 1. The number of aromatic nitrogens is 1. The molecule has 4 heterocycles. The molecule has 5 rings (SSSR count). The highest BCUT2D eigenvalue weighted by Gasteiger charge is 2.42. The fourth-order valence-electron chi connectivity index (χ4n) is 4.44. The molecule has 0 aliphatic carbocycles. The number of aliphatic hydroxyl groups is 1. The highest BCUT2D eigenvalue weighted by Crippen LogP contribution is 2.42. The van der Waals surface area contributed by atoms with E-state index in [1.165, 1.54) is 6.42 Å². The normalized spacial score (nSPS) is 30.2. The lowest BCUT2D eigenvalue weighted by Gasteiger charge is -2.50. The zero-order valence-electron chi connectivity index (χ0n) is 14.1. The molecule has 0 radical (unpaired) electrons. The van der Waals surface area contributed by atoms with E-state index in [9.17, 15) is 5.11 Å². The van der Waals surface area contributed by atoms with Gasteiger partial charge in [0.2, 0.25) is 5.88 Å². The summed E-state index contributed by atoms with van der Waals surface area (Å²) in [5.41, 5.74) is 1.79. The van der Waals surface area contributed by atoms with Gasteiger partial charge in [-0.1, -0.05) is 24.3 Å². The van der Waals surface area contributed by atoms with Crippen molar-refractivity contribution >= 4 is 10.9 Å². The van der Waals surface area contributed by atoms with Gasteiger partial charge in [0, 0.05) is 24.0 Å². The first-order valence-electron chi connectivity index (χ1n) is 8.69. The van der Waals surface area contributed by atoms with E-state index in [2.05, 4.69) is 22.5 Å². The molecule has 0 saturated carbocycles. The van der Waals surface area contributed by atoms with E-state index < -0.39 is 6.10 Å². The van der Waals surface area contributed by atoms with Crippen molar-refractivity contribution in [3.05, 3.63) is 48.6 Å². The van der Waals surface area contributed by atoms with Crippen LogP contribution in [0.5, 0.6) is 5.88 Å². The van der Waals surface area contributed by atoms with E-state index >= 15 is 0 Å². The molecule has 5 atom stereocenters. The molecule has 4 heteroatoms. The van der Waals surface area contributed by atoms with Crippen LogP contribution in [-0.4, -0.2) is 41.2 Å². The number of nitrogens with zero attached hydrogens (tertiary/aromatic N) is 2. The van der Waals surface area contributed by atoms with Gasteiger partial charge in [0.1, 0.15) is 0 Å². The van der Waals surface area contributed by atoms with Crippen LogP contribution in [0.4, 0.5) is 0 Å². The van der Waals surface area contributed by atoms with E-state index in [4.69, 9.17) is 4.74 Å². The number of piperidine rings is 3. The summed E-state index contributed by atoms with van der Waals surface area (Å²) in [7, 11) is 1.62. The van der Waals surface area contributed by atoms with Crippen LogP contribution >= 0.6 is 0 Å². The Morgan fingerprint density at radius 1 is 1.42 bits per heavy atom. The molecule has 1 unspecified atom stereocenters. The molecule has 1 aromatic heterocycles. The van der Waals surface area contributed by atoms with Crippen LogP contribution < -0.4 is 4.74 Å². The van der Waals surface area contributed by atoms with Gasteiger partial charge in [-0.25, -0.2) is 4.98 Å². The van der Waals surface area contributed by atoms with Gasteiger partial charge in [-0.05, 0) is 42.9 Å². The molecule has 3 saturated heterocycles. The molecule has 126 valence electrons. The van der Waals surface area contributed by atoms with Crippen LogP contribution in [0.2, 0.25) is 0 Å². The van der Waals surface area contributed by atoms with E-state index in [0.29, 0.717) is 17.7 Å². The van der Waals surface area contributed by atoms with Gasteiger partial charge in [-0.15, -0.1) is 6.58 Å². The average molecular weight is 324 g/mol. The van der Waals surface area contributed by atoms with Crippen LogP contribution in [0.1, 0.15) is 24.5 Å². The number of hydrogen-bond acceptors (Lipinski definition) is 4. The van der Waals surface area contributed by atoms with Gasteiger partial charge in [-0.3, -0.25) is 4.90 Å². The zero-order chi connectivity index (χ0) is 16.7. The molecule has 24 heavy (non-hydrogen) atoms. The third-order valence-corrected chi connectivity index (χ3v) is 5.77. The first kappa shape index (κ1) is 15.6. The van der Waals surface area contributed by atoms with E-state index in [0.717, 1.165) is 36.0 Å². The number of rotatable bonds is 4. The fourth-order valence-corrected chi connectivity index (χ4v) is 4.44. The second kappa shape index (κ2) is 6.19. The average Bonchev–Trinajstić information content (AvgIpc) is 2.66. The van der Waals surface area contributed by atoms with Gasteiger partial charge in [0.25, 0.3) is 0 Å². The largest absolute Gasteiger partial charge is 0.481 e. The minimum absolute atomic E-state index is 0.162. The Balaban J connectivity index is 1.71. The Hall–Kier alpha value is -1.91. The van der Waals surface area contributed by atoms with Crippen molar-refractivity contribution in [1.82, 2.24) is 9.88 Å². The van der Waals surface area contributed by atoms with Gasteiger partial charge >= 0.3 is 0 Å². The Labute approximate surface area is 142 Å². The number of para-hydroxylation sites is 1. The molecule has 3 aliphatic heterocycles. The van der Waals surface area contributed by atoms with Crippen molar-refractivity contribution < 1.29 is 9.84 Å². The Morgan fingerprint density at radius 3 is 2.96 bits per heavy atom.